The molecule has 0 radical (unpaired) electrons. The van der Waals surface area contributed by atoms with Crippen LogP contribution in [0.2, 0.25) is 0 Å². The average Bonchev–Trinajstić information content (AvgIpc) is 3.09. The van der Waals surface area contributed by atoms with Gasteiger partial charge in [0.2, 0.25) is 0 Å². The number of Topliss-reactive ketones (excluding diaryl/α,β-unsaturated/α-hetero) is 2. The Balaban J connectivity index is 1.94. The van der Waals surface area contributed by atoms with Gasteiger partial charge in [-0.2, -0.15) is 0 Å². The first kappa shape index (κ1) is 17.7. The number of hydrogen-bond donors (Lipinski definition) is 1. The van der Waals surface area contributed by atoms with E-state index in [0.29, 0.717) is 17.0 Å². The second kappa shape index (κ2) is 7.73. The number of nitrogens with one attached hydrogen (secondary N) is 1. The fourth-order valence-corrected chi connectivity index (χ4v) is 2.24. The van der Waals surface area contributed by atoms with E-state index in [1.165, 1.54) is 24.8 Å². The van der Waals surface area contributed by atoms with Gasteiger partial charge in [0.25, 0.3) is 0 Å². The topological polar surface area (TPSA) is 76.2 Å². The minimum atomic E-state index is -0.660. The van der Waals surface area contributed by atoms with E-state index in [9.17, 15) is 14.4 Å². The molecular weight excluding hydrogens is 306 g/mol. The summed E-state index contributed by atoms with van der Waals surface area (Å²) >= 11 is 0. The first-order valence-corrected chi connectivity index (χ1v) is 7.92. The van der Waals surface area contributed by atoms with Crippen molar-refractivity contribution in [2.24, 2.45) is 0 Å². The molecular formula is C19H21NO4. The number of ether oxygens (including phenoxy) is 1. The number of benzene rings is 1. The lowest BCUT2D eigenvalue weighted by Crippen LogP contribution is -2.14. The highest BCUT2D eigenvalue weighted by Crippen LogP contribution is 2.19. The summed E-state index contributed by atoms with van der Waals surface area (Å²) in [5, 5.41) is 0. The second-order valence-corrected chi connectivity index (χ2v) is 5.79. The highest BCUT2D eigenvalue weighted by molar-refractivity contribution is 6.00. The molecule has 1 atom stereocenters. The van der Waals surface area contributed by atoms with Gasteiger partial charge in [-0.3, -0.25) is 9.59 Å². The number of H-pyrrole nitrogens is 1. The molecule has 2 rings (SSSR count). The Kier molecular flexibility index (Phi) is 5.68. The van der Waals surface area contributed by atoms with E-state index in [2.05, 4.69) is 18.8 Å². The number of carbonyl (C=O) groups is 3. The Hall–Kier alpha value is -2.69. The molecule has 2 aromatic rings. The Bertz CT molecular complexity index is 743. The molecule has 5 nitrogen and oxygen atoms in total. The quantitative estimate of drug-likeness (QED) is 0.620. The van der Waals surface area contributed by atoms with Crippen LogP contribution < -0.4 is 0 Å². The van der Waals surface area contributed by atoms with Gasteiger partial charge in [0.15, 0.2) is 18.2 Å². The summed E-state index contributed by atoms with van der Waals surface area (Å²) < 4.78 is 5.01. The molecule has 0 saturated heterocycles. The number of carbonyl (C=O) groups excluding carboxylic acids is 3. The SMILES string of the molecule is CC[C@H](C)c1ccc(C(=O)COC(=O)c2cc(C(C)=O)c[nH]2)cc1. The third-order valence-electron chi connectivity index (χ3n) is 4.06. The third kappa shape index (κ3) is 4.19. The van der Waals surface area contributed by atoms with E-state index in [1.54, 1.807) is 12.1 Å². The first-order valence-electron chi connectivity index (χ1n) is 7.92. The minimum Gasteiger partial charge on any atom is -0.453 e. The van der Waals surface area contributed by atoms with Crippen LogP contribution in [0.25, 0.3) is 0 Å². The number of aromatic nitrogens is 1. The predicted octanol–water partition coefficient (Wildman–Crippen LogP) is 3.77. The van der Waals surface area contributed by atoms with Gasteiger partial charge in [-0.15, -0.1) is 0 Å². The van der Waals surface area contributed by atoms with Crippen LogP contribution in [-0.2, 0) is 4.74 Å². The Morgan fingerprint density at radius 3 is 2.33 bits per heavy atom. The largest absolute Gasteiger partial charge is 0.453 e. The van der Waals surface area contributed by atoms with Crippen molar-refractivity contribution in [3.05, 3.63) is 58.9 Å². The molecule has 0 aliphatic carbocycles. The molecule has 0 aliphatic heterocycles. The number of ketones is 2. The van der Waals surface area contributed by atoms with Gasteiger partial charge in [0.1, 0.15) is 5.69 Å². The first-order chi connectivity index (χ1) is 11.4. The van der Waals surface area contributed by atoms with Crippen LogP contribution in [0.5, 0.6) is 0 Å². The average molecular weight is 327 g/mol. The molecule has 1 aromatic carbocycles. The Morgan fingerprint density at radius 1 is 1.12 bits per heavy atom. The lowest BCUT2D eigenvalue weighted by molar-refractivity contribution is 0.0469. The van der Waals surface area contributed by atoms with E-state index in [1.807, 2.05) is 12.1 Å². The van der Waals surface area contributed by atoms with E-state index < -0.39 is 5.97 Å². The minimum absolute atomic E-state index is 0.150. The molecule has 5 heteroatoms. The normalized spacial score (nSPS) is 11.8. The van der Waals surface area contributed by atoms with Gasteiger partial charge in [-0.25, -0.2) is 4.79 Å². The summed E-state index contributed by atoms with van der Waals surface area (Å²) in [7, 11) is 0. The van der Waals surface area contributed by atoms with Gasteiger partial charge < -0.3 is 9.72 Å². The molecule has 24 heavy (non-hydrogen) atoms. The van der Waals surface area contributed by atoms with Gasteiger partial charge >= 0.3 is 5.97 Å². The highest BCUT2D eigenvalue weighted by Gasteiger charge is 2.15. The molecule has 0 unspecified atom stereocenters. The van der Waals surface area contributed by atoms with Crippen molar-refractivity contribution in [3.8, 4) is 0 Å². The van der Waals surface area contributed by atoms with Crippen molar-refractivity contribution in [3.63, 3.8) is 0 Å². The molecule has 1 heterocycles. The molecule has 1 N–H and O–H groups in total. The van der Waals surface area contributed by atoms with Crippen LogP contribution >= 0.6 is 0 Å². The summed E-state index contributed by atoms with van der Waals surface area (Å²) in [6, 6.07) is 8.76. The maximum Gasteiger partial charge on any atom is 0.355 e. The van der Waals surface area contributed by atoms with Gasteiger partial charge in [-0.05, 0) is 30.9 Å². The summed E-state index contributed by atoms with van der Waals surface area (Å²) in [5.41, 5.74) is 2.23. The molecule has 0 bridgehead atoms. The zero-order valence-corrected chi connectivity index (χ0v) is 14.1. The van der Waals surface area contributed by atoms with Crippen LogP contribution in [-0.4, -0.2) is 29.1 Å². The zero-order valence-electron chi connectivity index (χ0n) is 14.1. The van der Waals surface area contributed by atoms with E-state index in [-0.39, 0.29) is 23.9 Å². The fourth-order valence-electron chi connectivity index (χ4n) is 2.24. The van der Waals surface area contributed by atoms with Gasteiger partial charge in [0.05, 0.1) is 0 Å². The molecule has 126 valence electrons. The maximum absolute atomic E-state index is 12.1. The molecule has 0 amide bonds. The predicted molar refractivity (Wildman–Crippen MR) is 90.6 cm³/mol. The van der Waals surface area contributed by atoms with Gasteiger partial charge in [-0.1, -0.05) is 38.1 Å². The smallest absolute Gasteiger partial charge is 0.355 e. The third-order valence-corrected chi connectivity index (χ3v) is 4.06. The summed E-state index contributed by atoms with van der Waals surface area (Å²) in [6.45, 7) is 5.31. The van der Waals surface area contributed by atoms with Crippen LogP contribution in [0.3, 0.4) is 0 Å². The van der Waals surface area contributed by atoms with Crippen LogP contribution in [0, 0.1) is 0 Å². The monoisotopic (exact) mass is 327 g/mol. The van der Waals surface area contributed by atoms with Crippen molar-refractivity contribution in [1.82, 2.24) is 4.98 Å². The summed E-state index contributed by atoms with van der Waals surface area (Å²) in [5.74, 6) is -0.637. The zero-order chi connectivity index (χ0) is 17.7. The van der Waals surface area contributed by atoms with Crippen LogP contribution in [0.15, 0.2) is 36.5 Å². The fraction of sp³-hybridized carbons (Fsp3) is 0.316. The Labute approximate surface area is 141 Å². The van der Waals surface area contributed by atoms with Crippen LogP contribution in [0.4, 0.5) is 0 Å². The molecule has 0 aliphatic rings. The van der Waals surface area contributed by atoms with Crippen molar-refractivity contribution in [1.29, 1.82) is 0 Å². The van der Waals surface area contributed by atoms with Crippen molar-refractivity contribution < 1.29 is 19.1 Å². The van der Waals surface area contributed by atoms with E-state index >= 15 is 0 Å². The molecule has 0 fully saturated rings. The lowest BCUT2D eigenvalue weighted by atomic mass is 9.97. The van der Waals surface area contributed by atoms with Crippen molar-refractivity contribution >= 4 is 17.5 Å². The Morgan fingerprint density at radius 2 is 1.79 bits per heavy atom. The number of aromatic amines is 1. The van der Waals surface area contributed by atoms with Gasteiger partial charge in [0, 0.05) is 17.3 Å². The number of esters is 1. The van der Waals surface area contributed by atoms with E-state index in [0.717, 1.165) is 6.42 Å². The van der Waals surface area contributed by atoms with Crippen LogP contribution in [0.1, 0.15) is 69.9 Å². The number of hydrogen-bond acceptors (Lipinski definition) is 4. The lowest BCUT2D eigenvalue weighted by Gasteiger charge is -2.09. The molecule has 1 aromatic heterocycles. The second-order valence-electron chi connectivity index (χ2n) is 5.79. The summed E-state index contributed by atoms with van der Waals surface area (Å²) in [6.07, 6.45) is 2.47. The van der Waals surface area contributed by atoms with E-state index in [4.69, 9.17) is 4.74 Å². The van der Waals surface area contributed by atoms with Crippen molar-refractivity contribution in [2.45, 2.75) is 33.1 Å². The standard InChI is InChI=1S/C19H21NO4/c1-4-12(2)14-5-7-15(8-6-14)18(22)11-24-19(23)17-9-16(10-20-17)13(3)21/h5-10,12,20H,4,11H2,1-3H3/t12-/m0/s1. The number of rotatable bonds is 7. The molecule has 0 spiro atoms. The molecule has 0 saturated carbocycles. The van der Waals surface area contributed by atoms with Crippen molar-refractivity contribution in [2.75, 3.05) is 6.61 Å². The maximum atomic E-state index is 12.1. The summed E-state index contributed by atoms with van der Waals surface area (Å²) in [4.78, 5) is 37.9. The highest BCUT2D eigenvalue weighted by atomic mass is 16.5.